The topological polar surface area (TPSA) is 76.7 Å². The molecule has 98 valence electrons. The van der Waals surface area contributed by atoms with E-state index in [4.69, 9.17) is 29.6 Å². The van der Waals surface area contributed by atoms with E-state index in [1.807, 2.05) is 18.2 Å². The molecule has 7 heteroatoms. The lowest BCUT2D eigenvalue weighted by molar-refractivity contribution is 0.892. The molecular formula is C12H12ClN5S. The van der Waals surface area contributed by atoms with E-state index in [0.717, 1.165) is 24.1 Å². The molecule has 3 N–H and O–H groups in total. The fraction of sp³-hybridized carbons (Fsp3) is 0.167. The molecule has 0 bridgehead atoms. The molecule has 0 aromatic carbocycles. The second-order valence-electron chi connectivity index (χ2n) is 3.84. The number of hydrogen-bond acceptors (Lipinski definition) is 4. The summed E-state index contributed by atoms with van der Waals surface area (Å²) in [6.45, 7) is 0. The van der Waals surface area contributed by atoms with Gasteiger partial charge in [0.25, 0.3) is 0 Å². The Morgan fingerprint density at radius 3 is 2.89 bits per heavy atom. The van der Waals surface area contributed by atoms with E-state index in [1.165, 1.54) is 0 Å². The zero-order valence-electron chi connectivity index (χ0n) is 10.0. The molecule has 0 aliphatic carbocycles. The Hall–Kier alpha value is -1.79. The lowest BCUT2D eigenvalue weighted by Crippen LogP contribution is -2.20. The Bertz CT molecular complexity index is 576. The first-order valence-electron chi connectivity index (χ1n) is 5.63. The van der Waals surface area contributed by atoms with Crippen molar-refractivity contribution in [1.82, 2.24) is 15.2 Å². The second kappa shape index (κ2) is 6.40. The van der Waals surface area contributed by atoms with Crippen molar-refractivity contribution < 1.29 is 0 Å². The molecule has 0 unspecified atom stereocenters. The summed E-state index contributed by atoms with van der Waals surface area (Å²) in [7, 11) is 0. The number of aromatic nitrogens is 3. The van der Waals surface area contributed by atoms with Crippen LogP contribution in [-0.4, -0.2) is 20.3 Å². The number of rotatable bonds is 4. The third kappa shape index (κ3) is 3.84. The van der Waals surface area contributed by atoms with E-state index in [-0.39, 0.29) is 5.11 Å². The predicted molar refractivity (Wildman–Crippen MR) is 79.1 cm³/mol. The van der Waals surface area contributed by atoms with Crippen LogP contribution in [0.15, 0.2) is 30.6 Å². The van der Waals surface area contributed by atoms with Gasteiger partial charge in [-0.3, -0.25) is 4.98 Å². The fourth-order valence-corrected chi connectivity index (χ4v) is 1.91. The van der Waals surface area contributed by atoms with Gasteiger partial charge in [0.15, 0.2) is 10.9 Å². The van der Waals surface area contributed by atoms with Crippen molar-refractivity contribution in [2.75, 3.05) is 5.32 Å². The Balaban J connectivity index is 2.10. The minimum Gasteiger partial charge on any atom is -0.376 e. The molecule has 0 atom stereocenters. The highest BCUT2D eigenvalue weighted by Gasteiger charge is 2.09. The van der Waals surface area contributed by atoms with Crippen LogP contribution >= 0.6 is 23.8 Å². The van der Waals surface area contributed by atoms with Crippen molar-refractivity contribution in [3.05, 3.63) is 46.9 Å². The van der Waals surface area contributed by atoms with E-state index in [2.05, 4.69) is 20.5 Å². The summed E-state index contributed by atoms with van der Waals surface area (Å²) in [5.41, 5.74) is 7.27. The maximum absolute atomic E-state index is 6.22. The molecule has 0 spiro atoms. The molecule has 5 nitrogen and oxygen atoms in total. The molecular weight excluding hydrogens is 282 g/mol. The van der Waals surface area contributed by atoms with Crippen molar-refractivity contribution in [3.8, 4) is 0 Å². The van der Waals surface area contributed by atoms with Gasteiger partial charge >= 0.3 is 0 Å². The lowest BCUT2D eigenvalue weighted by Gasteiger charge is -2.08. The molecule has 2 aromatic rings. The van der Waals surface area contributed by atoms with Crippen LogP contribution in [0, 0.1) is 0 Å². The molecule has 0 saturated heterocycles. The third-order valence-corrected chi connectivity index (χ3v) is 3.00. The van der Waals surface area contributed by atoms with Crippen LogP contribution < -0.4 is 11.1 Å². The van der Waals surface area contributed by atoms with Gasteiger partial charge in [-0.1, -0.05) is 17.7 Å². The molecule has 0 aliphatic heterocycles. The van der Waals surface area contributed by atoms with Crippen LogP contribution in [0.3, 0.4) is 0 Å². The molecule has 0 saturated carbocycles. The quantitative estimate of drug-likeness (QED) is 0.839. The molecule has 0 amide bonds. The highest BCUT2D eigenvalue weighted by Crippen LogP contribution is 2.23. The van der Waals surface area contributed by atoms with Crippen LogP contribution in [0.1, 0.15) is 11.3 Å². The Morgan fingerprint density at radius 1 is 1.37 bits per heavy atom. The Labute approximate surface area is 121 Å². The van der Waals surface area contributed by atoms with Gasteiger partial charge in [0.05, 0.1) is 11.2 Å². The molecule has 2 rings (SSSR count). The van der Waals surface area contributed by atoms with E-state index in [9.17, 15) is 0 Å². The SMILES string of the molecule is NC(=S)Nc1nncc(CCc2ccccn2)c1Cl. The van der Waals surface area contributed by atoms with Gasteiger partial charge in [0.1, 0.15) is 0 Å². The van der Waals surface area contributed by atoms with Crippen molar-refractivity contribution in [1.29, 1.82) is 0 Å². The van der Waals surface area contributed by atoms with Crippen LogP contribution in [0.4, 0.5) is 5.82 Å². The van der Waals surface area contributed by atoms with Crippen molar-refractivity contribution in [2.45, 2.75) is 12.8 Å². The number of aryl methyl sites for hydroxylation is 2. The molecule has 0 fully saturated rings. The van der Waals surface area contributed by atoms with Gasteiger partial charge in [-0.05, 0) is 42.8 Å². The number of halogens is 1. The summed E-state index contributed by atoms with van der Waals surface area (Å²) in [6, 6.07) is 5.81. The zero-order valence-corrected chi connectivity index (χ0v) is 11.6. The lowest BCUT2D eigenvalue weighted by atomic mass is 10.1. The Morgan fingerprint density at radius 2 is 2.21 bits per heavy atom. The zero-order chi connectivity index (χ0) is 13.7. The van der Waals surface area contributed by atoms with Crippen molar-refractivity contribution >= 4 is 34.7 Å². The summed E-state index contributed by atoms with van der Waals surface area (Å²) in [5.74, 6) is 0.382. The van der Waals surface area contributed by atoms with Gasteiger partial charge in [-0.15, -0.1) is 5.10 Å². The third-order valence-electron chi connectivity index (χ3n) is 2.48. The number of pyridine rings is 1. The predicted octanol–water partition coefficient (Wildman–Crippen LogP) is 1.97. The summed E-state index contributed by atoms with van der Waals surface area (Å²) in [5, 5.41) is 11.0. The summed E-state index contributed by atoms with van der Waals surface area (Å²) < 4.78 is 0. The van der Waals surface area contributed by atoms with Crippen LogP contribution in [-0.2, 0) is 12.8 Å². The van der Waals surface area contributed by atoms with Gasteiger partial charge in [-0.2, -0.15) is 5.10 Å². The first kappa shape index (κ1) is 13.6. The standard InChI is InChI=1S/C12H12ClN5S/c13-10-8(4-5-9-3-1-2-6-15-9)7-16-18-11(10)17-12(14)19/h1-3,6-7H,4-5H2,(H3,14,17,18,19). The van der Waals surface area contributed by atoms with Gasteiger partial charge in [0, 0.05) is 11.9 Å². The monoisotopic (exact) mass is 293 g/mol. The maximum Gasteiger partial charge on any atom is 0.173 e. The van der Waals surface area contributed by atoms with Crippen LogP contribution in [0.25, 0.3) is 0 Å². The van der Waals surface area contributed by atoms with E-state index in [1.54, 1.807) is 12.4 Å². The maximum atomic E-state index is 6.22. The van der Waals surface area contributed by atoms with E-state index >= 15 is 0 Å². The number of nitrogens with zero attached hydrogens (tertiary/aromatic N) is 3. The fourth-order valence-electron chi connectivity index (χ4n) is 1.59. The summed E-state index contributed by atoms with van der Waals surface area (Å²) in [6.07, 6.45) is 4.90. The first-order valence-corrected chi connectivity index (χ1v) is 6.42. The molecule has 0 radical (unpaired) electrons. The number of nitrogens with two attached hydrogens (primary N) is 1. The minimum atomic E-state index is 0.109. The number of anilines is 1. The molecule has 2 heterocycles. The normalized spacial score (nSPS) is 10.2. The number of thiocarbonyl (C=S) groups is 1. The van der Waals surface area contributed by atoms with Crippen molar-refractivity contribution in [2.24, 2.45) is 5.73 Å². The van der Waals surface area contributed by atoms with E-state index in [0.29, 0.717) is 10.8 Å². The smallest absolute Gasteiger partial charge is 0.173 e. The van der Waals surface area contributed by atoms with Gasteiger partial charge < -0.3 is 11.1 Å². The highest BCUT2D eigenvalue weighted by molar-refractivity contribution is 7.80. The largest absolute Gasteiger partial charge is 0.376 e. The molecule has 2 aromatic heterocycles. The highest BCUT2D eigenvalue weighted by atomic mass is 35.5. The molecule has 0 aliphatic rings. The Kier molecular flexibility index (Phi) is 4.59. The average Bonchev–Trinajstić information content (AvgIpc) is 2.40. The number of hydrogen-bond donors (Lipinski definition) is 2. The minimum absolute atomic E-state index is 0.109. The van der Waals surface area contributed by atoms with Crippen LogP contribution in [0.5, 0.6) is 0 Å². The second-order valence-corrected chi connectivity index (χ2v) is 4.66. The summed E-state index contributed by atoms with van der Waals surface area (Å²) >= 11 is 11.0. The average molecular weight is 294 g/mol. The number of nitrogens with one attached hydrogen (secondary N) is 1. The van der Waals surface area contributed by atoms with Gasteiger partial charge in [0.2, 0.25) is 0 Å². The van der Waals surface area contributed by atoms with Crippen LogP contribution in [0.2, 0.25) is 5.02 Å². The van der Waals surface area contributed by atoms with Gasteiger partial charge in [-0.25, -0.2) is 0 Å². The molecule has 19 heavy (non-hydrogen) atoms. The van der Waals surface area contributed by atoms with E-state index < -0.39 is 0 Å². The summed E-state index contributed by atoms with van der Waals surface area (Å²) in [4.78, 5) is 4.26. The first-order chi connectivity index (χ1) is 9.16. The van der Waals surface area contributed by atoms with Crippen molar-refractivity contribution in [3.63, 3.8) is 0 Å².